The molecule has 1 aromatic heterocycles. The molecule has 6 heteroatoms. The molecule has 1 N–H and O–H groups in total. The molecule has 1 amide bonds. The Balaban J connectivity index is 1.40. The summed E-state index contributed by atoms with van der Waals surface area (Å²) in [7, 11) is 1.45. The van der Waals surface area contributed by atoms with Crippen molar-refractivity contribution in [2.75, 3.05) is 20.3 Å². The van der Waals surface area contributed by atoms with Crippen LogP contribution in [0.2, 0.25) is 0 Å². The average molecular weight is 412 g/mol. The molecule has 2 fully saturated rings. The van der Waals surface area contributed by atoms with E-state index in [1.165, 1.54) is 12.7 Å². The molecular formula is C24H33N3O3. The molecule has 2 aliphatic rings. The average Bonchev–Trinajstić information content (AvgIpc) is 3.33. The van der Waals surface area contributed by atoms with Crippen LogP contribution in [0.4, 0.5) is 4.79 Å². The third-order valence-corrected chi connectivity index (χ3v) is 6.81. The van der Waals surface area contributed by atoms with Crippen LogP contribution in [0.25, 0.3) is 0 Å². The van der Waals surface area contributed by atoms with E-state index in [-0.39, 0.29) is 24.2 Å². The Hall–Kier alpha value is -2.34. The van der Waals surface area contributed by atoms with Crippen molar-refractivity contribution < 1.29 is 14.3 Å². The SMILES string of the molecule is COC(=O)N1C[C@@H](C)C[C@H](c2ccn[nH]2)[C@@H]1CO[C@H]1CC[C@@H](c2ccccc2)CC1. The van der Waals surface area contributed by atoms with Gasteiger partial charge < -0.3 is 14.4 Å². The lowest BCUT2D eigenvalue weighted by Gasteiger charge is -2.43. The van der Waals surface area contributed by atoms with Gasteiger partial charge in [-0.15, -0.1) is 0 Å². The lowest BCUT2D eigenvalue weighted by atomic mass is 9.81. The molecule has 2 aromatic rings. The first-order chi connectivity index (χ1) is 14.7. The molecule has 1 saturated heterocycles. The Labute approximate surface area is 178 Å². The van der Waals surface area contributed by atoms with Crippen molar-refractivity contribution in [3.8, 4) is 0 Å². The van der Waals surface area contributed by atoms with Crippen LogP contribution >= 0.6 is 0 Å². The van der Waals surface area contributed by atoms with Gasteiger partial charge >= 0.3 is 6.09 Å². The van der Waals surface area contributed by atoms with Crippen LogP contribution in [0.3, 0.4) is 0 Å². The number of methoxy groups -OCH3 is 1. The second kappa shape index (κ2) is 9.65. The van der Waals surface area contributed by atoms with E-state index < -0.39 is 0 Å². The second-order valence-corrected chi connectivity index (χ2v) is 8.87. The highest BCUT2D eigenvalue weighted by atomic mass is 16.5. The quantitative estimate of drug-likeness (QED) is 0.773. The standard InChI is InChI=1S/C24H33N3O3/c1-17-14-21(22-12-13-25-26-22)23(27(15-17)24(28)29-2)16-30-20-10-8-19(9-11-20)18-6-4-3-5-7-18/h3-7,12-13,17,19-21,23H,8-11,14-16H2,1-2H3,(H,25,26)/t17-,19-,20+,21+,23-/m0/s1. The van der Waals surface area contributed by atoms with E-state index in [0.717, 1.165) is 37.8 Å². The highest BCUT2D eigenvalue weighted by Crippen LogP contribution is 2.37. The summed E-state index contributed by atoms with van der Waals surface area (Å²) in [4.78, 5) is 14.4. The monoisotopic (exact) mass is 411 g/mol. The highest BCUT2D eigenvalue weighted by Gasteiger charge is 2.40. The number of hydrogen-bond donors (Lipinski definition) is 1. The lowest BCUT2D eigenvalue weighted by molar-refractivity contribution is -0.0303. The predicted molar refractivity (Wildman–Crippen MR) is 115 cm³/mol. The summed E-state index contributed by atoms with van der Waals surface area (Å²) < 4.78 is 11.5. The first-order valence-electron chi connectivity index (χ1n) is 11.2. The van der Waals surface area contributed by atoms with Gasteiger partial charge in [-0.05, 0) is 55.6 Å². The van der Waals surface area contributed by atoms with Crippen molar-refractivity contribution in [1.82, 2.24) is 15.1 Å². The van der Waals surface area contributed by atoms with E-state index in [2.05, 4.69) is 47.5 Å². The van der Waals surface area contributed by atoms with Gasteiger partial charge in [0.15, 0.2) is 0 Å². The molecule has 1 aliphatic carbocycles. The van der Waals surface area contributed by atoms with Crippen LogP contribution in [0.15, 0.2) is 42.6 Å². The molecule has 0 spiro atoms. The minimum Gasteiger partial charge on any atom is -0.453 e. The van der Waals surface area contributed by atoms with Crippen LogP contribution < -0.4 is 0 Å². The number of piperidine rings is 1. The third kappa shape index (κ3) is 4.69. The molecule has 2 heterocycles. The predicted octanol–water partition coefficient (Wildman–Crippen LogP) is 4.71. The van der Waals surface area contributed by atoms with Gasteiger partial charge in [-0.3, -0.25) is 5.10 Å². The summed E-state index contributed by atoms with van der Waals surface area (Å²) >= 11 is 0. The first kappa shape index (κ1) is 20.9. The summed E-state index contributed by atoms with van der Waals surface area (Å²) in [5.74, 6) is 1.21. The van der Waals surface area contributed by atoms with Crippen molar-refractivity contribution in [2.45, 2.75) is 63.0 Å². The summed E-state index contributed by atoms with van der Waals surface area (Å²) in [6.07, 6.45) is 7.20. The van der Waals surface area contributed by atoms with Gasteiger partial charge in [0.25, 0.3) is 0 Å². The molecule has 4 rings (SSSR count). The number of benzene rings is 1. The Morgan fingerprint density at radius 1 is 1.17 bits per heavy atom. The van der Waals surface area contributed by atoms with Crippen LogP contribution in [0, 0.1) is 5.92 Å². The van der Waals surface area contributed by atoms with Crippen LogP contribution in [-0.2, 0) is 9.47 Å². The van der Waals surface area contributed by atoms with Crippen molar-refractivity contribution in [3.63, 3.8) is 0 Å². The number of aromatic nitrogens is 2. The van der Waals surface area contributed by atoms with Crippen LogP contribution in [0.5, 0.6) is 0 Å². The van der Waals surface area contributed by atoms with Gasteiger partial charge in [-0.25, -0.2) is 4.79 Å². The van der Waals surface area contributed by atoms with E-state index >= 15 is 0 Å². The van der Waals surface area contributed by atoms with E-state index in [1.807, 2.05) is 11.0 Å². The number of H-pyrrole nitrogens is 1. The summed E-state index contributed by atoms with van der Waals surface area (Å²) in [6, 6.07) is 12.8. The van der Waals surface area contributed by atoms with Gasteiger partial charge in [-0.1, -0.05) is 37.3 Å². The van der Waals surface area contributed by atoms with Crippen molar-refractivity contribution in [1.29, 1.82) is 0 Å². The summed E-state index contributed by atoms with van der Waals surface area (Å²) in [5, 5.41) is 7.25. The number of hydrogen-bond acceptors (Lipinski definition) is 4. The lowest BCUT2D eigenvalue weighted by Crippen LogP contribution is -2.52. The topological polar surface area (TPSA) is 67.5 Å². The Bertz CT molecular complexity index is 787. The fraction of sp³-hybridized carbons (Fsp3) is 0.583. The maximum atomic E-state index is 12.5. The number of amides is 1. The van der Waals surface area contributed by atoms with Crippen molar-refractivity contribution >= 4 is 6.09 Å². The zero-order valence-electron chi connectivity index (χ0n) is 18.0. The van der Waals surface area contributed by atoms with Crippen LogP contribution in [-0.4, -0.2) is 53.6 Å². The molecule has 1 saturated carbocycles. The summed E-state index contributed by atoms with van der Waals surface area (Å²) in [5.41, 5.74) is 2.50. The zero-order chi connectivity index (χ0) is 20.9. The largest absolute Gasteiger partial charge is 0.453 e. The summed E-state index contributed by atoms with van der Waals surface area (Å²) in [6.45, 7) is 3.42. The number of carbonyl (C=O) groups is 1. The maximum absolute atomic E-state index is 12.5. The van der Waals surface area contributed by atoms with E-state index in [1.54, 1.807) is 6.20 Å². The van der Waals surface area contributed by atoms with Crippen molar-refractivity contribution in [3.05, 3.63) is 53.9 Å². The molecule has 0 bridgehead atoms. The Kier molecular flexibility index (Phi) is 6.72. The number of ether oxygens (including phenoxy) is 2. The van der Waals surface area contributed by atoms with E-state index in [9.17, 15) is 4.79 Å². The molecule has 3 atom stereocenters. The van der Waals surface area contributed by atoms with E-state index in [0.29, 0.717) is 25.0 Å². The zero-order valence-corrected chi connectivity index (χ0v) is 18.0. The molecule has 0 radical (unpaired) electrons. The highest BCUT2D eigenvalue weighted by molar-refractivity contribution is 5.68. The van der Waals surface area contributed by atoms with Crippen LogP contribution in [0.1, 0.15) is 62.1 Å². The number of aromatic amines is 1. The molecule has 162 valence electrons. The molecule has 1 aromatic carbocycles. The third-order valence-electron chi connectivity index (χ3n) is 6.81. The molecule has 30 heavy (non-hydrogen) atoms. The number of carbonyl (C=O) groups excluding carboxylic acids is 1. The van der Waals surface area contributed by atoms with Gasteiger partial charge in [0, 0.05) is 24.4 Å². The smallest absolute Gasteiger partial charge is 0.409 e. The molecular weight excluding hydrogens is 378 g/mol. The normalized spacial score (nSPS) is 29.5. The number of rotatable bonds is 5. The van der Waals surface area contributed by atoms with Gasteiger partial charge in [0.1, 0.15) is 0 Å². The fourth-order valence-electron chi connectivity index (χ4n) is 5.22. The number of nitrogens with one attached hydrogen (secondary N) is 1. The van der Waals surface area contributed by atoms with Gasteiger partial charge in [-0.2, -0.15) is 5.10 Å². The molecule has 6 nitrogen and oxygen atoms in total. The maximum Gasteiger partial charge on any atom is 0.409 e. The van der Waals surface area contributed by atoms with E-state index in [4.69, 9.17) is 9.47 Å². The first-order valence-corrected chi connectivity index (χ1v) is 11.2. The minimum absolute atomic E-state index is 0.0408. The Morgan fingerprint density at radius 2 is 1.93 bits per heavy atom. The minimum atomic E-state index is -0.271. The molecule has 0 unspecified atom stereocenters. The van der Waals surface area contributed by atoms with Gasteiger partial charge in [0.05, 0.1) is 25.9 Å². The second-order valence-electron chi connectivity index (χ2n) is 8.87. The fourth-order valence-corrected chi connectivity index (χ4v) is 5.22. The number of nitrogens with zero attached hydrogens (tertiary/aromatic N) is 2. The Morgan fingerprint density at radius 3 is 2.60 bits per heavy atom. The van der Waals surface area contributed by atoms with Gasteiger partial charge in [0.2, 0.25) is 0 Å². The molecule has 1 aliphatic heterocycles. The number of likely N-dealkylation sites (tertiary alicyclic amines) is 1. The van der Waals surface area contributed by atoms with Crippen molar-refractivity contribution in [2.24, 2.45) is 5.92 Å².